The summed E-state index contributed by atoms with van der Waals surface area (Å²) in [6, 6.07) is 0. The molecule has 2 rings (SSSR count). The van der Waals surface area contributed by atoms with Crippen LogP contribution in [0.15, 0.2) is 5.38 Å². The van der Waals surface area contributed by atoms with Crippen molar-refractivity contribution in [2.45, 2.75) is 32.3 Å². The minimum Gasteiger partial charge on any atom is -0.459 e. The summed E-state index contributed by atoms with van der Waals surface area (Å²) >= 11 is 1.30. The van der Waals surface area contributed by atoms with Gasteiger partial charge in [-0.2, -0.15) is 4.37 Å². The summed E-state index contributed by atoms with van der Waals surface area (Å²) < 4.78 is 9.27. The Labute approximate surface area is 80.9 Å². The number of esters is 1. The van der Waals surface area contributed by atoms with Gasteiger partial charge in [-0.15, -0.1) is 0 Å². The summed E-state index contributed by atoms with van der Waals surface area (Å²) in [6.07, 6.45) is 3.37. The Balaban J connectivity index is 2.00. The lowest BCUT2D eigenvalue weighted by Gasteiger charge is -2.24. The van der Waals surface area contributed by atoms with Crippen LogP contribution in [0.5, 0.6) is 0 Å². The molecule has 0 aromatic carbocycles. The number of hydrogen-bond acceptors (Lipinski definition) is 4. The number of aromatic nitrogens is 1. The lowest BCUT2D eigenvalue weighted by molar-refractivity contribution is 0.00897. The second kappa shape index (κ2) is 3.46. The van der Waals surface area contributed by atoms with Gasteiger partial charge in [-0.25, -0.2) is 4.79 Å². The molecule has 0 spiro atoms. The summed E-state index contributed by atoms with van der Waals surface area (Å²) in [5.74, 6) is -0.212. The predicted octanol–water partition coefficient (Wildman–Crippen LogP) is 2.16. The van der Waals surface area contributed by atoms with E-state index in [2.05, 4.69) is 4.37 Å². The largest absolute Gasteiger partial charge is 0.459 e. The summed E-state index contributed by atoms with van der Waals surface area (Å²) in [6.45, 7) is 1.83. The minimum atomic E-state index is -0.212. The molecule has 1 aromatic rings. The van der Waals surface area contributed by atoms with Crippen LogP contribution in [-0.4, -0.2) is 16.4 Å². The van der Waals surface area contributed by atoms with Crippen LogP contribution in [0.1, 0.15) is 35.3 Å². The van der Waals surface area contributed by atoms with Crippen molar-refractivity contribution in [2.75, 3.05) is 0 Å². The average Bonchev–Trinajstić information content (AvgIpc) is 2.43. The molecule has 70 valence electrons. The molecule has 0 radical (unpaired) electrons. The van der Waals surface area contributed by atoms with Crippen molar-refractivity contribution in [1.29, 1.82) is 0 Å². The van der Waals surface area contributed by atoms with Gasteiger partial charge in [0.05, 0.1) is 11.3 Å². The first-order valence-electron chi connectivity index (χ1n) is 4.39. The average molecular weight is 197 g/mol. The van der Waals surface area contributed by atoms with E-state index in [1.54, 1.807) is 5.38 Å². The van der Waals surface area contributed by atoms with Gasteiger partial charge in [-0.3, -0.25) is 0 Å². The molecule has 0 atom stereocenters. The number of hydrogen-bond donors (Lipinski definition) is 0. The molecule has 0 N–H and O–H groups in total. The van der Waals surface area contributed by atoms with Crippen molar-refractivity contribution in [1.82, 2.24) is 4.37 Å². The van der Waals surface area contributed by atoms with Crippen molar-refractivity contribution >= 4 is 17.5 Å². The highest BCUT2D eigenvalue weighted by molar-refractivity contribution is 7.03. The SMILES string of the molecule is Cc1nscc1C(=O)OC1CCC1. The molecule has 13 heavy (non-hydrogen) atoms. The minimum absolute atomic E-state index is 0.159. The van der Waals surface area contributed by atoms with Gasteiger partial charge in [0.15, 0.2) is 0 Å². The number of ether oxygens (including phenoxy) is 1. The molecule has 1 saturated carbocycles. The Morgan fingerprint density at radius 2 is 2.46 bits per heavy atom. The van der Waals surface area contributed by atoms with Gasteiger partial charge < -0.3 is 4.74 Å². The normalized spacial score (nSPS) is 16.7. The fourth-order valence-corrected chi connectivity index (χ4v) is 1.87. The zero-order valence-corrected chi connectivity index (χ0v) is 8.26. The third-order valence-corrected chi connectivity index (χ3v) is 3.02. The number of carbonyl (C=O) groups is 1. The van der Waals surface area contributed by atoms with Crippen LogP contribution in [0.4, 0.5) is 0 Å². The van der Waals surface area contributed by atoms with Gasteiger partial charge >= 0.3 is 5.97 Å². The van der Waals surface area contributed by atoms with Crippen LogP contribution in [0.3, 0.4) is 0 Å². The molecule has 1 aliphatic rings. The number of rotatable bonds is 2. The molecule has 0 unspecified atom stereocenters. The standard InChI is InChI=1S/C9H11NO2S/c1-6-8(5-13-10-6)9(11)12-7-3-2-4-7/h5,7H,2-4H2,1H3. The Kier molecular flexibility index (Phi) is 2.31. The molecule has 4 heteroatoms. The van der Waals surface area contributed by atoms with Crippen LogP contribution in [0, 0.1) is 6.92 Å². The van der Waals surface area contributed by atoms with Crippen LogP contribution >= 0.6 is 11.5 Å². The van der Waals surface area contributed by atoms with Crippen LogP contribution < -0.4 is 0 Å². The number of aryl methyl sites for hydroxylation is 1. The molecule has 0 saturated heterocycles. The van der Waals surface area contributed by atoms with Crippen molar-refractivity contribution in [3.05, 3.63) is 16.6 Å². The number of nitrogens with zero attached hydrogens (tertiary/aromatic N) is 1. The molecule has 1 aliphatic carbocycles. The highest BCUT2D eigenvalue weighted by Crippen LogP contribution is 2.23. The first-order chi connectivity index (χ1) is 6.27. The van der Waals surface area contributed by atoms with E-state index >= 15 is 0 Å². The predicted molar refractivity (Wildman–Crippen MR) is 49.9 cm³/mol. The van der Waals surface area contributed by atoms with Gasteiger partial charge in [0.1, 0.15) is 6.10 Å². The lowest BCUT2D eigenvalue weighted by Crippen LogP contribution is -2.25. The summed E-state index contributed by atoms with van der Waals surface area (Å²) in [5, 5.41) is 1.75. The van der Waals surface area contributed by atoms with Crippen LogP contribution in [0.25, 0.3) is 0 Å². The Bertz CT molecular complexity index is 317. The van der Waals surface area contributed by atoms with E-state index in [9.17, 15) is 4.79 Å². The summed E-state index contributed by atoms with van der Waals surface area (Å²) in [4.78, 5) is 11.5. The second-order valence-corrected chi connectivity index (χ2v) is 3.90. The highest BCUT2D eigenvalue weighted by Gasteiger charge is 2.23. The molecule has 1 fully saturated rings. The van der Waals surface area contributed by atoms with Crippen molar-refractivity contribution in [3.63, 3.8) is 0 Å². The van der Waals surface area contributed by atoms with Crippen molar-refractivity contribution < 1.29 is 9.53 Å². The van der Waals surface area contributed by atoms with Crippen molar-refractivity contribution in [2.24, 2.45) is 0 Å². The molecule has 0 bridgehead atoms. The summed E-state index contributed by atoms with van der Waals surface area (Å²) in [7, 11) is 0. The monoisotopic (exact) mass is 197 g/mol. The molecular weight excluding hydrogens is 186 g/mol. The van der Waals surface area contributed by atoms with E-state index in [1.165, 1.54) is 18.0 Å². The lowest BCUT2D eigenvalue weighted by atomic mass is 9.96. The quantitative estimate of drug-likeness (QED) is 0.682. The van der Waals surface area contributed by atoms with E-state index < -0.39 is 0 Å². The zero-order valence-electron chi connectivity index (χ0n) is 7.45. The maximum Gasteiger partial charge on any atom is 0.341 e. The fraction of sp³-hybridized carbons (Fsp3) is 0.556. The second-order valence-electron chi connectivity index (χ2n) is 3.27. The third-order valence-electron chi connectivity index (χ3n) is 2.30. The Hall–Kier alpha value is -0.900. The molecule has 3 nitrogen and oxygen atoms in total. The van der Waals surface area contributed by atoms with Gasteiger partial charge in [-0.1, -0.05) is 0 Å². The smallest absolute Gasteiger partial charge is 0.341 e. The van der Waals surface area contributed by atoms with E-state index in [-0.39, 0.29) is 12.1 Å². The van der Waals surface area contributed by atoms with E-state index in [4.69, 9.17) is 4.74 Å². The Morgan fingerprint density at radius 1 is 1.69 bits per heavy atom. The van der Waals surface area contributed by atoms with Crippen molar-refractivity contribution in [3.8, 4) is 0 Å². The van der Waals surface area contributed by atoms with E-state index in [1.807, 2.05) is 6.92 Å². The van der Waals surface area contributed by atoms with Crippen LogP contribution in [-0.2, 0) is 4.74 Å². The number of carbonyl (C=O) groups excluding carboxylic acids is 1. The first-order valence-corrected chi connectivity index (χ1v) is 5.23. The molecule has 0 amide bonds. The maximum atomic E-state index is 11.5. The zero-order chi connectivity index (χ0) is 9.26. The third kappa shape index (κ3) is 1.72. The molecule has 1 heterocycles. The highest BCUT2D eigenvalue weighted by atomic mass is 32.1. The maximum absolute atomic E-state index is 11.5. The summed E-state index contributed by atoms with van der Waals surface area (Å²) in [5.41, 5.74) is 1.39. The molecule has 1 aromatic heterocycles. The van der Waals surface area contributed by atoms with Gasteiger partial charge in [0.2, 0.25) is 0 Å². The van der Waals surface area contributed by atoms with Gasteiger partial charge in [0.25, 0.3) is 0 Å². The van der Waals surface area contributed by atoms with Crippen LogP contribution in [0.2, 0.25) is 0 Å². The molecule has 0 aliphatic heterocycles. The van der Waals surface area contributed by atoms with Gasteiger partial charge in [0, 0.05) is 5.38 Å². The van der Waals surface area contributed by atoms with E-state index in [0.717, 1.165) is 18.5 Å². The first kappa shape index (κ1) is 8.69. The topological polar surface area (TPSA) is 39.2 Å². The van der Waals surface area contributed by atoms with E-state index in [0.29, 0.717) is 5.56 Å². The Morgan fingerprint density at radius 3 is 2.92 bits per heavy atom. The molecular formula is C9H11NO2S. The van der Waals surface area contributed by atoms with Gasteiger partial charge in [-0.05, 0) is 37.7 Å². The fourth-order valence-electron chi connectivity index (χ4n) is 1.19.